The highest BCUT2D eigenvalue weighted by atomic mass is 16.7. The molecule has 65 heavy (non-hydrogen) atoms. The van der Waals surface area contributed by atoms with Crippen molar-refractivity contribution in [2.45, 2.75) is 101 Å². The van der Waals surface area contributed by atoms with Crippen molar-refractivity contribution in [3.8, 4) is 0 Å². The maximum Gasteiger partial charge on any atom is 0.187 e. The Morgan fingerprint density at radius 3 is 0.969 bits per heavy atom. The molecule has 2 heterocycles. The first-order chi connectivity index (χ1) is 32.1. The predicted octanol–water partition coefficient (Wildman–Crippen LogP) is 7.95. The third-order valence-corrected chi connectivity index (χ3v) is 11.5. The third-order valence-electron chi connectivity index (χ3n) is 11.5. The highest BCUT2D eigenvalue weighted by molar-refractivity contribution is 5.18. The minimum atomic E-state index is -1.41. The lowest BCUT2D eigenvalue weighted by molar-refractivity contribution is -0.348. The number of benzene rings is 6. The van der Waals surface area contributed by atoms with Crippen LogP contribution in [0.1, 0.15) is 33.4 Å². The molecule has 0 amide bonds. The van der Waals surface area contributed by atoms with Gasteiger partial charge in [-0.2, -0.15) is 0 Å². The summed E-state index contributed by atoms with van der Waals surface area (Å²) in [6.45, 7) is 0.863. The van der Waals surface area contributed by atoms with E-state index >= 15 is 0 Å². The zero-order valence-electron chi connectivity index (χ0n) is 36.3. The minimum Gasteiger partial charge on any atom is -0.394 e. The first kappa shape index (κ1) is 46.4. The highest BCUT2D eigenvalue weighted by Crippen LogP contribution is 2.34. The van der Waals surface area contributed by atoms with Gasteiger partial charge in [-0.1, -0.05) is 182 Å². The topological polar surface area (TPSA) is 124 Å². The first-order valence-electron chi connectivity index (χ1n) is 22.3. The van der Waals surface area contributed by atoms with E-state index in [4.69, 9.17) is 42.6 Å². The van der Waals surface area contributed by atoms with E-state index in [0.29, 0.717) is 0 Å². The van der Waals surface area contributed by atoms with E-state index in [1.807, 2.05) is 182 Å². The molecule has 2 aliphatic heterocycles. The molecular formula is C54H58O11. The molecule has 2 aliphatic rings. The van der Waals surface area contributed by atoms with Gasteiger partial charge < -0.3 is 52.8 Å². The Balaban J connectivity index is 1.09. The van der Waals surface area contributed by atoms with Gasteiger partial charge in [0.2, 0.25) is 0 Å². The summed E-state index contributed by atoms with van der Waals surface area (Å²) >= 11 is 0. The molecule has 6 aromatic rings. The van der Waals surface area contributed by atoms with Crippen LogP contribution in [0.3, 0.4) is 0 Å². The van der Waals surface area contributed by atoms with Crippen LogP contribution in [0.4, 0.5) is 0 Å². The van der Waals surface area contributed by atoms with E-state index in [9.17, 15) is 10.2 Å². The van der Waals surface area contributed by atoms with E-state index < -0.39 is 61.4 Å². The van der Waals surface area contributed by atoms with E-state index in [1.54, 1.807) is 0 Å². The Hall–Kier alpha value is -5.12. The van der Waals surface area contributed by atoms with Gasteiger partial charge in [0, 0.05) is 0 Å². The second kappa shape index (κ2) is 24.4. The second-order valence-electron chi connectivity index (χ2n) is 16.2. The molecule has 10 atom stereocenters. The van der Waals surface area contributed by atoms with Crippen LogP contribution in [0, 0.1) is 0 Å². The Bertz CT molecular complexity index is 2210. The average Bonchev–Trinajstić information content (AvgIpc) is 3.36. The minimum absolute atomic E-state index is 0.123. The van der Waals surface area contributed by atoms with Gasteiger partial charge in [-0.15, -0.1) is 0 Å². The summed E-state index contributed by atoms with van der Waals surface area (Å²) in [6, 6.07) is 58.9. The van der Waals surface area contributed by atoms with Crippen LogP contribution in [0.2, 0.25) is 0 Å². The molecule has 0 aromatic heterocycles. The Morgan fingerprint density at radius 1 is 0.323 bits per heavy atom. The second-order valence-corrected chi connectivity index (χ2v) is 16.2. The van der Waals surface area contributed by atoms with Crippen molar-refractivity contribution in [1.82, 2.24) is 0 Å². The quantitative estimate of drug-likeness (QED) is 0.0691. The molecule has 2 saturated heterocycles. The fraction of sp³-hybridized carbons (Fsp3) is 0.333. The van der Waals surface area contributed by atoms with Crippen LogP contribution in [0.25, 0.3) is 0 Å². The van der Waals surface area contributed by atoms with Crippen molar-refractivity contribution < 1.29 is 52.8 Å². The Morgan fingerprint density at radius 2 is 0.615 bits per heavy atom. The van der Waals surface area contributed by atoms with Crippen LogP contribution in [0.5, 0.6) is 0 Å². The average molecular weight is 883 g/mol. The zero-order chi connectivity index (χ0) is 44.5. The van der Waals surface area contributed by atoms with Crippen LogP contribution in [-0.4, -0.2) is 84.8 Å². The summed E-state index contributed by atoms with van der Waals surface area (Å²) in [5.41, 5.74) is 5.66. The summed E-state index contributed by atoms with van der Waals surface area (Å²) in [5.74, 6) is 0. The molecule has 0 saturated carbocycles. The van der Waals surface area contributed by atoms with Crippen molar-refractivity contribution in [3.63, 3.8) is 0 Å². The molecule has 0 unspecified atom stereocenters. The van der Waals surface area contributed by atoms with Crippen molar-refractivity contribution in [2.24, 2.45) is 0 Å². The molecule has 6 aromatic carbocycles. The molecule has 11 heteroatoms. The molecule has 2 fully saturated rings. The molecule has 0 bridgehead atoms. The van der Waals surface area contributed by atoms with Crippen molar-refractivity contribution >= 4 is 0 Å². The smallest absolute Gasteiger partial charge is 0.187 e. The van der Waals surface area contributed by atoms with E-state index in [2.05, 4.69) is 0 Å². The molecule has 0 spiro atoms. The fourth-order valence-electron chi connectivity index (χ4n) is 8.11. The summed E-state index contributed by atoms with van der Waals surface area (Å²) in [4.78, 5) is 0. The van der Waals surface area contributed by atoms with Crippen molar-refractivity contribution in [2.75, 3.05) is 13.2 Å². The lowest BCUT2D eigenvalue weighted by Gasteiger charge is -2.47. The van der Waals surface area contributed by atoms with E-state index in [0.717, 1.165) is 33.4 Å². The zero-order valence-corrected chi connectivity index (χ0v) is 36.3. The number of hydrogen-bond acceptors (Lipinski definition) is 11. The van der Waals surface area contributed by atoms with E-state index in [1.165, 1.54) is 0 Å². The summed E-state index contributed by atoms with van der Waals surface area (Å²) in [6.07, 6.45) is -9.14. The summed E-state index contributed by atoms with van der Waals surface area (Å²) < 4.78 is 59.8. The Kier molecular flexibility index (Phi) is 17.4. The first-order valence-corrected chi connectivity index (χ1v) is 22.3. The van der Waals surface area contributed by atoms with Gasteiger partial charge in [0.25, 0.3) is 0 Å². The molecule has 11 nitrogen and oxygen atoms in total. The van der Waals surface area contributed by atoms with Crippen LogP contribution >= 0.6 is 0 Å². The third kappa shape index (κ3) is 13.3. The number of ether oxygens (including phenoxy) is 9. The normalized spacial score (nSPS) is 25.6. The number of aliphatic hydroxyl groups excluding tert-OH is 2. The molecule has 0 radical (unpaired) electrons. The lowest BCUT2D eigenvalue weighted by atomic mass is 9.97. The molecule has 340 valence electrons. The number of hydrogen-bond donors (Lipinski definition) is 2. The SMILES string of the molecule is OC[C@H]1O[C@H](OC[C@H]2O[C@H](O)[C@@H](OCc3ccccc3)[C@@H](OCc3ccccc3)[C@@H]2OCc2ccccc2)[C@@H](OCc2ccccc2)[C@@H](OCc2ccccc2)[C@@H]1OCc1ccccc1. The van der Waals surface area contributed by atoms with Crippen molar-refractivity contribution in [1.29, 1.82) is 0 Å². The van der Waals surface area contributed by atoms with Gasteiger partial charge in [0.05, 0.1) is 52.9 Å². The fourth-order valence-corrected chi connectivity index (χ4v) is 8.11. The van der Waals surface area contributed by atoms with Gasteiger partial charge in [-0.05, 0) is 33.4 Å². The largest absolute Gasteiger partial charge is 0.394 e. The molecule has 0 aliphatic carbocycles. The van der Waals surface area contributed by atoms with Crippen molar-refractivity contribution in [3.05, 3.63) is 215 Å². The van der Waals surface area contributed by atoms with Gasteiger partial charge in [-0.3, -0.25) is 0 Å². The van der Waals surface area contributed by atoms with Crippen LogP contribution in [0.15, 0.2) is 182 Å². The van der Waals surface area contributed by atoms with Crippen LogP contribution < -0.4 is 0 Å². The lowest BCUT2D eigenvalue weighted by Crippen LogP contribution is -2.63. The predicted molar refractivity (Wildman–Crippen MR) is 243 cm³/mol. The van der Waals surface area contributed by atoms with Gasteiger partial charge in [0.1, 0.15) is 48.8 Å². The van der Waals surface area contributed by atoms with Gasteiger partial charge >= 0.3 is 0 Å². The highest BCUT2D eigenvalue weighted by Gasteiger charge is 2.51. The molecular weight excluding hydrogens is 825 g/mol. The van der Waals surface area contributed by atoms with Gasteiger partial charge in [-0.25, -0.2) is 0 Å². The Labute approximate surface area is 381 Å². The van der Waals surface area contributed by atoms with E-state index in [-0.39, 0.29) is 52.9 Å². The summed E-state index contributed by atoms with van der Waals surface area (Å²) in [5, 5.41) is 22.7. The maximum atomic E-state index is 11.8. The summed E-state index contributed by atoms with van der Waals surface area (Å²) in [7, 11) is 0. The van der Waals surface area contributed by atoms with Crippen LogP contribution in [-0.2, 0) is 82.3 Å². The monoisotopic (exact) mass is 882 g/mol. The standard InChI is InChI=1S/C54H58O11/c55-31-45-47(57-32-39-19-7-1-8-20-39)50(60-35-42-25-13-4-14-26-42)52(62-37-44-29-17-6-18-30-44)54(65-45)63-38-46-48(58-33-40-21-9-2-10-22-40)49(59-34-41-23-11-3-12-24-41)51(53(56)64-46)61-36-43-27-15-5-16-28-43/h1-30,45-56H,31-38H2/t45-,46-,47-,48-,49+,50+,51+,52+,53+,54+/m1/s1. The number of rotatable bonds is 22. The maximum absolute atomic E-state index is 11.8. The van der Waals surface area contributed by atoms with Gasteiger partial charge in [0.15, 0.2) is 12.6 Å². The number of aliphatic hydroxyl groups is 2. The molecule has 8 rings (SSSR count). The molecule has 2 N–H and O–H groups in total.